The lowest BCUT2D eigenvalue weighted by atomic mass is 9.98. The second-order valence-electron chi connectivity index (χ2n) is 9.54. The van der Waals surface area contributed by atoms with E-state index in [0.717, 1.165) is 35.1 Å². The van der Waals surface area contributed by atoms with Crippen LogP contribution >= 0.6 is 0 Å². The highest BCUT2D eigenvalue weighted by atomic mass is 16.5. The molecule has 2 amide bonds. The summed E-state index contributed by atoms with van der Waals surface area (Å²) in [5, 5.41) is 14.7. The molecule has 0 aliphatic heterocycles. The van der Waals surface area contributed by atoms with Gasteiger partial charge >= 0.3 is 12.1 Å². The topological polar surface area (TPSA) is 105 Å². The normalized spacial score (nSPS) is 18.5. The van der Waals surface area contributed by atoms with Gasteiger partial charge in [0.25, 0.3) is 0 Å². The average molecular weight is 449 g/mol. The number of carbonyl (C=O) groups excluding carboxylic acids is 2. The Morgan fingerprint density at radius 3 is 2.15 bits per heavy atom. The van der Waals surface area contributed by atoms with Crippen LogP contribution in [-0.2, 0) is 14.3 Å². The third kappa shape index (κ3) is 4.72. The van der Waals surface area contributed by atoms with Crippen LogP contribution < -0.4 is 10.6 Å². The molecule has 0 heterocycles. The van der Waals surface area contributed by atoms with Gasteiger partial charge in [-0.2, -0.15) is 0 Å². The molecular formula is C26H28N2O5. The molecule has 172 valence electrons. The summed E-state index contributed by atoms with van der Waals surface area (Å²) in [7, 11) is 0. The number of ether oxygens (including phenoxy) is 1. The maximum Gasteiger partial charge on any atom is 0.407 e. The second kappa shape index (κ2) is 8.54. The van der Waals surface area contributed by atoms with Crippen molar-refractivity contribution in [3.63, 3.8) is 0 Å². The van der Waals surface area contributed by atoms with Crippen molar-refractivity contribution in [3.05, 3.63) is 59.7 Å². The molecule has 3 N–H and O–H groups in total. The highest BCUT2D eigenvalue weighted by Gasteiger charge is 2.47. The Morgan fingerprint density at radius 1 is 1.00 bits per heavy atom. The molecule has 2 aromatic carbocycles. The number of carboxylic acid groups (broad SMARTS) is 1. The van der Waals surface area contributed by atoms with Crippen LogP contribution in [0.4, 0.5) is 4.79 Å². The number of hydrogen-bond donors (Lipinski definition) is 3. The molecular weight excluding hydrogens is 420 g/mol. The summed E-state index contributed by atoms with van der Waals surface area (Å²) in [6, 6.07) is 15.5. The number of alkyl carbamates (subject to hydrolysis) is 1. The molecule has 2 fully saturated rings. The van der Waals surface area contributed by atoms with Crippen molar-refractivity contribution in [3.8, 4) is 11.1 Å². The molecule has 0 saturated heterocycles. The van der Waals surface area contributed by atoms with Crippen molar-refractivity contribution in [2.45, 2.75) is 56.0 Å². The Hall–Kier alpha value is -3.35. The van der Waals surface area contributed by atoms with E-state index in [1.807, 2.05) is 24.3 Å². The van der Waals surface area contributed by atoms with Crippen LogP contribution in [0.5, 0.6) is 0 Å². The molecule has 0 aromatic heterocycles. The molecule has 2 saturated carbocycles. The van der Waals surface area contributed by atoms with Gasteiger partial charge in [0.2, 0.25) is 5.91 Å². The summed E-state index contributed by atoms with van der Waals surface area (Å²) in [4.78, 5) is 36.7. The van der Waals surface area contributed by atoms with Crippen molar-refractivity contribution in [2.24, 2.45) is 5.92 Å². The third-order valence-corrected chi connectivity index (χ3v) is 6.95. The molecule has 7 heteroatoms. The van der Waals surface area contributed by atoms with Crippen molar-refractivity contribution in [2.75, 3.05) is 6.61 Å². The molecule has 0 radical (unpaired) electrons. The Balaban J connectivity index is 1.23. The summed E-state index contributed by atoms with van der Waals surface area (Å²) in [6.45, 7) is 0.181. The summed E-state index contributed by atoms with van der Waals surface area (Å²) in [6.07, 6.45) is 3.19. The average Bonchev–Trinajstić information content (AvgIpc) is 3.72. The van der Waals surface area contributed by atoms with E-state index in [-0.39, 0.29) is 24.9 Å². The molecule has 7 nitrogen and oxygen atoms in total. The van der Waals surface area contributed by atoms with E-state index in [1.54, 1.807) is 0 Å². The fourth-order valence-corrected chi connectivity index (χ4v) is 4.84. The first-order chi connectivity index (χ1) is 15.9. The Kier molecular flexibility index (Phi) is 5.56. The molecule has 33 heavy (non-hydrogen) atoms. The SMILES string of the molecule is O=C(O)CC1(NC(=O)[C@H](CC2CC2)NC(=O)OCC2c3ccccc3-c3ccccc32)CC1. The summed E-state index contributed by atoms with van der Waals surface area (Å²) in [5.74, 6) is -0.904. The largest absolute Gasteiger partial charge is 0.481 e. The number of amides is 2. The standard InChI is InChI=1S/C26H28N2O5/c29-23(30)14-26(11-12-26)28-24(31)22(13-16-9-10-16)27-25(32)33-15-21-19-7-3-1-5-17(19)18-6-2-4-8-20(18)21/h1-8,16,21-22H,9-15H2,(H,27,32)(H,28,31)(H,29,30)/t22-/m0/s1. The molecule has 0 unspecified atom stereocenters. The van der Waals surface area contributed by atoms with E-state index >= 15 is 0 Å². The molecule has 3 aliphatic rings. The first-order valence-electron chi connectivity index (χ1n) is 11.6. The van der Waals surface area contributed by atoms with Crippen LogP contribution in [-0.4, -0.2) is 41.3 Å². The van der Waals surface area contributed by atoms with E-state index in [2.05, 4.69) is 34.9 Å². The highest BCUT2D eigenvalue weighted by Crippen LogP contribution is 2.44. The molecule has 0 spiro atoms. The summed E-state index contributed by atoms with van der Waals surface area (Å²) >= 11 is 0. The number of aliphatic carboxylic acids is 1. The second-order valence-corrected chi connectivity index (χ2v) is 9.54. The van der Waals surface area contributed by atoms with Gasteiger partial charge in [-0.25, -0.2) is 4.79 Å². The lowest BCUT2D eigenvalue weighted by molar-refractivity contribution is -0.138. The van der Waals surface area contributed by atoms with Crippen LogP contribution in [0.25, 0.3) is 11.1 Å². The fourth-order valence-electron chi connectivity index (χ4n) is 4.84. The predicted octanol–water partition coefficient (Wildman–Crippen LogP) is 3.82. The van der Waals surface area contributed by atoms with Gasteiger partial charge in [0, 0.05) is 5.92 Å². The number of fused-ring (bicyclic) bond motifs is 3. The van der Waals surface area contributed by atoms with Gasteiger partial charge in [-0.3, -0.25) is 9.59 Å². The number of carbonyl (C=O) groups is 3. The zero-order chi connectivity index (χ0) is 23.0. The first-order valence-corrected chi connectivity index (χ1v) is 11.6. The molecule has 5 rings (SSSR count). The fraction of sp³-hybridized carbons (Fsp3) is 0.423. The van der Waals surface area contributed by atoms with Crippen LogP contribution in [0.3, 0.4) is 0 Å². The van der Waals surface area contributed by atoms with Crippen LogP contribution in [0.15, 0.2) is 48.5 Å². The zero-order valence-corrected chi connectivity index (χ0v) is 18.4. The Labute approximate surface area is 192 Å². The van der Waals surface area contributed by atoms with Gasteiger partial charge in [0.15, 0.2) is 0 Å². The van der Waals surface area contributed by atoms with E-state index in [0.29, 0.717) is 25.2 Å². The van der Waals surface area contributed by atoms with Crippen molar-refractivity contribution >= 4 is 18.0 Å². The first kappa shape index (κ1) is 21.5. The van der Waals surface area contributed by atoms with Crippen LogP contribution in [0, 0.1) is 5.92 Å². The van der Waals surface area contributed by atoms with Gasteiger partial charge in [0.1, 0.15) is 12.6 Å². The third-order valence-electron chi connectivity index (χ3n) is 6.95. The molecule has 1 atom stereocenters. The van der Waals surface area contributed by atoms with Gasteiger partial charge in [-0.15, -0.1) is 0 Å². The monoisotopic (exact) mass is 448 g/mol. The van der Waals surface area contributed by atoms with Gasteiger partial charge in [-0.05, 0) is 47.4 Å². The lowest BCUT2D eigenvalue weighted by Crippen LogP contribution is -2.51. The quantitative estimate of drug-likeness (QED) is 0.541. The Bertz CT molecular complexity index is 1040. The number of carboxylic acids is 1. The van der Waals surface area contributed by atoms with Gasteiger partial charge in [-0.1, -0.05) is 61.4 Å². The number of nitrogens with one attached hydrogen (secondary N) is 2. The van der Waals surface area contributed by atoms with Crippen molar-refractivity contribution in [1.29, 1.82) is 0 Å². The maximum atomic E-state index is 12.9. The smallest absolute Gasteiger partial charge is 0.407 e. The predicted molar refractivity (Wildman–Crippen MR) is 122 cm³/mol. The lowest BCUT2D eigenvalue weighted by Gasteiger charge is -2.23. The van der Waals surface area contributed by atoms with Crippen LogP contribution in [0.1, 0.15) is 55.6 Å². The van der Waals surface area contributed by atoms with E-state index in [4.69, 9.17) is 9.84 Å². The zero-order valence-electron chi connectivity index (χ0n) is 18.4. The molecule has 3 aliphatic carbocycles. The summed E-state index contributed by atoms with van der Waals surface area (Å²) in [5.41, 5.74) is 3.89. The molecule has 0 bridgehead atoms. The van der Waals surface area contributed by atoms with Crippen molar-refractivity contribution < 1.29 is 24.2 Å². The van der Waals surface area contributed by atoms with E-state index < -0.39 is 23.6 Å². The minimum Gasteiger partial charge on any atom is -0.481 e. The minimum absolute atomic E-state index is 0.0517. The number of hydrogen-bond acceptors (Lipinski definition) is 4. The number of rotatable bonds is 9. The van der Waals surface area contributed by atoms with Gasteiger partial charge in [0.05, 0.1) is 12.0 Å². The Morgan fingerprint density at radius 2 is 1.61 bits per heavy atom. The van der Waals surface area contributed by atoms with Crippen LogP contribution in [0.2, 0.25) is 0 Å². The number of benzene rings is 2. The van der Waals surface area contributed by atoms with E-state index in [1.165, 1.54) is 0 Å². The summed E-state index contributed by atoms with van der Waals surface area (Å²) < 4.78 is 5.61. The highest BCUT2D eigenvalue weighted by molar-refractivity contribution is 5.87. The minimum atomic E-state index is -0.934. The maximum absolute atomic E-state index is 12.9. The van der Waals surface area contributed by atoms with E-state index in [9.17, 15) is 14.4 Å². The molecule has 2 aromatic rings. The van der Waals surface area contributed by atoms with Gasteiger partial charge < -0.3 is 20.5 Å². The van der Waals surface area contributed by atoms with Crippen molar-refractivity contribution in [1.82, 2.24) is 10.6 Å².